The van der Waals surface area contributed by atoms with E-state index in [4.69, 9.17) is 4.52 Å². The molecule has 1 aromatic heterocycles. The average Bonchev–Trinajstić information content (AvgIpc) is 3.05. The van der Waals surface area contributed by atoms with Crippen LogP contribution in [0.2, 0.25) is 0 Å². The molecule has 0 spiro atoms. The first kappa shape index (κ1) is 13.5. The van der Waals surface area contributed by atoms with E-state index in [0.717, 1.165) is 28.3 Å². The molecule has 0 amide bonds. The van der Waals surface area contributed by atoms with Gasteiger partial charge in [-0.15, -0.1) is 0 Å². The zero-order valence-corrected chi connectivity index (χ0v) is 12.3. The van der Waals surface area contributed by atoms with Gasteiger partial charge in [0.2, 0.25) is 0 Å². The predicted molar refractivity (Wildman–Crippen MR) is 90.3 cm³/mol. The number of aldehydes is 1. The standard InChI is InChI=1S/C20H13NO2/c22-13-14-6-11-19-18(12-14)20(23-21-19)17-9-7-16(8-10-17)15-4-2-1-3-5-15/h1-13H. The zero-order chi connectivity index (χ0) is 15.6. The van der Waals surface area contributed by atoms with E-state index in [1.165, 1.54) is 5.56 Å². The van der Waals surface area contributed by atoms with E-state index < -0.39 is 0 Å². The molecule has 1 heterocycles. The highest BCUT2D eigenvalue weighted by atomic mass is 16.5. The van der Waals surface area contributed by atoms with E-state index in [9.17, 15) is 4.79 Å². The van der Waals surface area contributed by atoms with Crippen molar-refractivity contribution >= 4 is 17.2 Å². The summed E-state index contributed by atoms with van der Waals surface area (Å²) in [6.07, 6.45) is 0.828. The van der Waals surface area contributed by atoms with E-state index >= 15 is 0 Å². The minimum Gasteiger partial charge on any atom is -0.355 e. The van der Waals surface area contributed by atoms with Crippen molar-refractivity contribution in [2.75, 3.05) is 0 Å². The molecule has 4 aromatic rings. The van der Waals surface area contributed by atoms with Crippen LogP contribution in [0.4, 0.5) is 0 Å². The molecule has 0 unspecified atom stereocenters. The fourth-order valence-corrected chi connectivity index (χ4v) is 2.69. The number of hydrogen-bond acceptors (Lipinski definition) is 3. The molecule has 0 aliphatic carbocycles. The van der Waals surface area contributed by atoms with Crippen molar-refractivity contribution in [1.29, 1.82) is 0 Å². The smallest absolute Gasteiger partial charge is 0.174 e. The maximum atomic E-state index is 11.0. The van der Waals surface area contributed by atoms with Gasteiger partial charge in [0.25, 0.3) is 0 Å². The molecule has 0 fully saturated rings. The van der Waals surface area contributed by atoms with Gasteiger partial charge in [-0.2, -0.15) is 0 Å². The van der Waals surface area contributed by atoms with Crippen molar-refractivity contribution in [2.24, 2.45) is 0 Å². The summed E-state index contributed by atoms with van der Waals surface area (Å²) in [5, 5.41) is 4.91. The molecule has 0 aliphatic heterocycles. The number of carbonyl (C=O) groups is 1. The molecular weight excluding hydrogens is 286 g/mol. The summed E-state index contributed by atoms with van der Waals surface area (Å²) in [7, 11) is 0. The number of rotatable bonds is 3. The molecule has 3 nitrogen and oxygen atoms in total. The number of nitrogens with zero attached hydrogens (tertiary/aromatic N) is 1. The predicted octanol–water partition coefficient (Wildman–Crippen LogP) is 4.97. The highest BCUT2D eigenvalue weighted by Crippen LogP contribution is 2.30. The van der Waals surface area contributed by atoms with Crippen LogP contribution in [0, 0.1) is 0 Å². The second-order valence-electron chi connectivity index (χ2n) is 5.35. The van der Waals surface area contributed by atoms with E-state index in [1.54, 1.807) is 18.2 Å². The minimum atomic E-state index is 0.614. The van der Waals surface area contributed by atoms with Crippen LogP contribution < -0.4 is 0 Å². The van der Waals surface area contributed by atoms with Crippen molar-refractivity contribution in [3.05, 3.63) is 78.4 Å². The van der Waals surface area contributed by atoms with Gasteiger partial charge in [0.05, 0.1) is 5.39 Å². The van der Waals surface area contributed by atoms with Gasteiger partial charge in [-0.1, -0.05) is 59.8 Å². The lowest BCUT2D eigenvalue weighted by molar-refractivity contribution is 0.112. The Morgan fingerprint density at radius 1 is 0.783 bits per heavy atom. The number of hydrogen-bond donors (Lipinski definition) is 0. The fourth-order valence-electron chi connectivity index (χ4n) is 2.69. The van der Waals surface area contributed by atoms with Crippen LogP contribution in [0.25, 0.3) is 33.4 Å². The third-order valence-corrected chi connectivity index (χ3v) is 3.89. The maximum Gasteiger partial charge on any atom is 0.174 e. The first-order valence-corrected chi connectivity index (χ1v) is 7.35. The third-order valence-electron chi connectivity index (χ3n) is 3.89. The monoisotopic (exact) mass is 299 g/mol. The summed E-state index contributed by atoms with van der Waals surface area (Å²) < 4.78 is 5.48. The van der Waals surface area contributed by atoms with Gasteiger partial charge < -0.3 is 4.52 Å². The Morgan fingerprint density at radius 3 is 2.22 bits per heavy atom. The molecule has 0 aliphatic rings. The Morgan fingerprint density at radius 2 is 1.48 bits per heavy atom. The summed E-state index contributed by atoms with van der Waals surface area (Å²) in [5.74, 6) is 0.684. The van der Waals surface area contributed by atoms with Crippen LogP contribution in [0.3, 0.4) is 0 Å². The van der Waals surface area contributed by atoms with E-state index in [0.29, 0.717) is 11.3 Å². The summed E-state index contributed by atoms with van der Waals surface area (Å²) in [5.41, 5.74) is 4.62. The van der Waals surface area contributed by atoms with Crippen LogP contribution in [0.5, 0.6) is 0 Å². The maximum absolute atomic E-state index is 11.0. The van der Waals surface area contributed by atoms with Crippen LogP contribution in [-0.4, -0.2) is 11.4 Å². The number of carbonyl (C=O) groups excluding carboxylic acids is 1. The summed E-state index contributed by atoms with van der Waals surface area (Å²) >= 11 is 0. The van der Waals surface area contributed by atoms with Gasteiger partial charge in [-0.05, 0) is 29.3 Å². The van der Waals surface area contributed by atoms with Gasteiger partial charge in [0, 0.05) is 11.1 Å². The van der Waals surface area contributed by atoms with E-state index in [1.807, 2.05) is 30.3 Å². The SMILES string of the molecule is O=Cc1ccc2noc(-c3ccc(-c4ccccc4)cc3)c2c1. The van der Waals surface area contributed by atoms with Gasteiger partial charge >= 0.3 is 0 Å². The van der Waals surface area contributed by atoms with Crippen LogP contribution >= 0.6 is 0 Å². The Bertz CT molecular complexity index is 970. The summed E-state index contributed by atoms with van der Waals surface area (Å²) in [4.78, 5) is 11.0. The van der Waals surface area contributed by atoms with Crippen molar-refractivity contribution in [2.45, 2.75) is 0 Å². The molecule has 0 saturated carbocycles. The van der Waals surface area contributed by atoms with Crippen molar-refractivity contribution in [1.82, 2.24) is 5.16 Å². The average molecular weight is 299 g/mol. The molecule has 0 radical (unpaired) electrons. The largest absolute Gasteiger partial charge is 0.355 e. The minimum absolute atomic E-state index is 0.614. The number of benzene rings is 3. The molecule has 0 saturated heterocycles. The Kier molecular flexibility index (Phi) is 3.24. The van der Waals surface area contributed by atoms with Crippen LogP contribution in [-0.2, 0) is 0 Å². The Balaban J connectivity index is 1.78. The first-order chi connectivity index (χ1) is 11.3. The van der Waals surface area contributed by atoms with E-state index in [2.05, 4.69) is 29.4 Å². The summed E-state index contributed by atoms with van der Waals surface area (Å²) in [6, 6.07) is 23.7. The quantitative estimate of drug-likeness (QED) is 0.501. The highest BCUT2D eigenvalue weighted by Gasteiger charge is 2.11. The number of aromatic nitrogens is 1. The summed E-state index contributed by atoms with van der Waals surface area (Å²) in [6.45, 7) is 0. The molecule has 3 aromatic carbocycles. The Hall–Kier alpha value is -3.20. The molecule has 0 bridgehead atoms. The lowest BCUT2D eigenvalue weighted by atomic mass is 10.0. The third kappa shape index (κ3) is 2.42. The first-order valence-electron chi connectivity index (χ1n) is 7.35. The normalized spacial score (nSPS) is 10.8. The number of fused-ring (bicyclic) bond motifs is 1. The second kappa shape index (κ2) is 5.54. The lowest BCUT2D eigenvalue weighted by Crippen LogP contribution is -1.81. The Labute approximate surface area is 133 Å². The van der Waals surface area contributed by atoms with Crippen LogP contribution in [0.1, 0.15) is 10.4 Å². The van der Waals surface area contributed by atoms with E-state index in [-0.39, 0.29) is 0 Å². The second-order valence-corrected chi connectivity index (χ2v) is 5.35. The fraction of sp³-hybridized carbons (Fsp3) is 0. The molecule has 110 valence electrons. The molecule has 3 heteroatoms. The highest BCUT2D eigenvalue weighted by molar-refractivity contribution is 5.95. The molecule has 0 N–H and O–H groups in total. The molecule has 0 atom stereocenters. The molecule has 23 heavy (non-hydrogen) atoms. The van der Waals surface area contributed by atoms with Gasteiger partial charge in [-0.3, -0.25) is 4.79 Å². The van der Waals surface area contributed by atoms with Crippen molar-refractivity contribution < 1.29 is 9.32 Å². The lowest BCUT2D eigenvalue weighted by Gasteiger charge is -2.03. The zero-order valence-electron chi connectivity index (χ0n) is 12.3. The van der Waals surface area contributed by atoms with Crippen LogP contribution in [0.15, 0.2) is 77.3 Å². The topological polar surface area (TPSA) is 43.1 Å². The van der Waals surface area contributed by atoms with Gasteiger partial charge in [-0.25, -0.2) is 0 Å². The van der Waals surface area contributed by atoms with Gasteiger partial charge in [0.1, 0.15) is 11.8 Å². The van der Waals surface area contributed by atoms with Gasteiger partial charge in [0.15, 0.2) is 5.76 Å². The molecular formula is C20H13NO2. The molecule has 4 rings (SSSR count). The van der Waals surface area contributed by atoms with Crippen molar-refractivity contribution in [3.8, 4) is 22.5 Å². The van der Waals surface area contributed by atoms with Crippen molar-refractivity contribution in [3.63, 3.8) is 0 Å².